The molecule has 2 amide bonds. The van der Waals surface area contributed by atoms with E-state index in [0.29, 0.717) is 10.8 Å². The number of nitrogens with zero attached hydrogens (tertiary/aromatic N) is 1. The van der Waals surface area contributed by atoms with E-state index in [1.54, 1.807) is 5.57 Å². The number of hydrogen-bond acceptors (Lipinski definition) is 2. The summed E-state index contributed by atoms with van der Waals surface area (Å²) in [6.45, 7) is 5.07. The van der Waals surface area contributed by atoms with E-state index in [9.17, 15) is 4.79 Å². The first-order valence-corrected chi connectivity index (χ1v) is 9.75. The maximum atomic E-state index is 10.9. The first-order chi connectivity index (χ1) is 11.4. The SMILES string of the molecule is C[C@@]12CCC[C@@H]1[C@H]1CCC3=C/C(=N\NC(N)=O)CC[C@]3(C)[C@@H]1CC2. The van der Waals surface area contributed by atoms with Crippen LogP contribution in [0.1, 0.15) is 71.6 Å². The number of nitrogens with two attached hydrogens (primary N) is 1. The van der Waals surface area contributed by atoms with Crippen molar-refractivity contribution >= 4 is 11.7 Å². The van der Waals surface area contributed by atoms with E-state index in [2.05, 4.69) is 30.5 Å². The van der Waals surface area contributed by atoms with Crippen LogP contribution in [0, 0.1) is 28.6 Å². The zero-order valence-electron chi connectivity index (χ0n) is 15.1. The molecule has 0 aromatic rings. The topological polar surface area (TPSA) is 67.5 Å². The molecule has 0 aliphatic heterocycles. The Labute approximate surface area is 145 Å². The van der Waals surface area contributed by atoms with E-state index in [4.69, 9.17) is 5.73 Å². The van der Waals surface area contributed by atoms with Gasteiger partial charge < -0.3 is 5.73 Å². The van der Waals surface area contributed by atoms with Crippen molar-refractivity contribution in [3.8, 4) is 0 Å². The highest BCUT2D eigenvalue weighted by Gasteiger charge is 2.55. The molecule has 0 heterocycles. The first-order valence-electron chi connectivity index (χ1n) is 9.75. The molecule has 3 saturated carbocycles. The standard InChI is InChI=1S/C20H31N3O/c1-19-9-3-4-16(19)15-6-5-13-12-14(22-23-18(21)24)7-11-20(13,2)17(15)8-10-19/h12,15-17H,3-11H2,1-2H3,(H3,21,23,24)/b22-14-/t15-,16-,17-,19+,20+/m1/s1. The third kappa shape index (κ3) is 2.41. The number of hydrogen-bond donors (Lipinski definition) is 2. The van der Waals surface area contributed by atoms with Gasteiger partial charge in [0, 0.05) is 0 Å². The Balaban J connectivity index is 1.60. The van der Waals surface area contributed by atoms with Crippen molar-refractivity contribution in [1.29, 1.82) is 0 Å². The van der Waals surface area contributed by atoms with Crippen LogP contribution in [-0.2, 0) is 0 Å². The zero-order valence-corrected chi connectivity index (χ0v) is 15.1. The molecule has 132 valence electrons. The maximum Gasteiger partial charge on any atom is 0.332 e. The number of nitrogens with one attached hydrogen (secondary N) is 1. The van der Waals surface area contributed by atoms with Gasteiger partial charge in [-0.3, -0.25) is 0 Å². The predicted molar refractivity (Wildman–Crippen MR) is 96.5 cm³/mol. The number of hydrazone groups is 1. The Bertz CT molecular complexity index is 610. The van der Waals surface area contributed by atoms with Crippen LogP contribution in [0.4, 0.5) is 4.79 Å². The van der Waals surface area contributed by atoms with E-state index in [-0.39, 0.29) is 0 Å². The van der Waals surface area contributed by atoms with Gasteiger partial charge in [0.25, 0.3) is 0 Å². The normalized spacial score (nSPS) is 45.8. The Kier molecular flexibility index (Phi) is 3.77. The van der Waals surface area contributed by atoms with Crippen molar-refractivity contribution in [2.75, 3.05) is 0 Å². The number of fused-ring (bicyclic) bond motifs is 5. The summed E-state index contributed by atoms with van der Waals surface area (Å²) in [5.41, 5.74) is 11.1. The van der Waals surface area contributed by atoms with Gasteiger partial charge in [-0.15, -0.1) is 0 Å². The summed E-state index contributed by atoms with van der Waals surface area (Å²) >= 11 is 0. The summed E-state index contributed by atoms with van der Waals surface area (Å²) in [6, 6.07) is -0.578. The quantitative estimate of drug-likeness (QED) is 0.689. The lowest BCUT2D eigenvalue weighted by molar-refractivity contribution is -0.0335. The summed E-state index contributed by atoms with van der Waals surface area (Å²) in [6.07, 6.45) is 14.1. The van der Waals surface area contributed by atoms with Crippen molar-refractivity contribution in [2.24, 2.45) is 39.4 Å². The van der Waals surface area contributed by atoms with Crippen molar-refractivity contribution in [3.63, 3.8) is 0 Å². The molecule has 4 heteroatoms. The van der Waals surface area contributed by atoms with Crippen LogP contribution in [-0.4, -0.2) is 11.7 Å². The second kappa shape index (κ2) is 5.60. The lowest BCUT2D eigenvalue weighted by Gasteiger charge is -2.57. The van der Waals surface area contributed by atoms with E-state index < -0.39 is 6.03 Å². The fourth-order valence-corrected chi connectivity index (χ4v) is 6.78. The number of primary amides is 1. The maximum absolute atomic E-state index is 10.9. The third-order valence-corrected chi connectivity index (χ3v) is 8.07. The van der Waals surface area contributed by atoms with Gasteiger partial charge in [0.15, 0.2) is 0 Å². The predicted octanol–water partition coefficient (Wildman–Crippen LogP) is 4.36. The molecule has 0 spiro atoms. The summed E-state index contributed by atoms with van der Waals surface area (Å²) in [5, 5.41) is 4.19. The molecule has 3 fully saturated rings. The molecule has 0 aromatic heterocycles. The average Bonchev–Trinajstić information content (AvgIpc) is 2.94. The molecule has 4 aliphatic carbocycles. The molecular formula is C20H31N3O. The molecule has 0 aromatic carbocycles. The molecule has 4 aliphatic rings. The molecule has 24 heavy (non-hydrogen) atoms. The van der Waals surface area contributed by atoms with Gasteiger partial charge in [-0.05, 0) is 86.0 Å². The second-order valence-electron chi connectivity index (χ2n) is 9.17. The fraction of sp³-hybridized carbons (Fsp3) is 0.800. The van der Waals surface area contributed by atoms with E-state index >= 15 is 0 Å². The number of carbonyl (C=O) groups excluding carboxylic acids is 1. The van der Waals surface area contributed by atoms with Gasteiger partial charge in [0.2, 0.25) is 0 Å². The average molecular weight is 329 g/mol. The van der Waals surface area contributed by atoms with Crippen molar-refractivity contribution in [1.82, 2.24) is 5.43 Å². The molecule has 4 nitrogen and oxygen atoms in total. The van der Waals surface area contributed by atoms with Crippen LogP contribution in [0.3, 0.4) is 0 Å². The number of rotatable bonds is 1. The third-order valence-electron chi connectivity index (χ3n) is 8.07. The Morgan fingerprint density at radius 1 is 1.17 bits per heavy atom. The number of amides is 2. The summed E-state index contributed by atoms with van der Waals surface area (Å²) in [5.74, 6) is 2.73. The molecule has 0 bridgehead atoms. The minimum Gasteiger partial charge on any atom is -0.350 e. The molecule has 0 unspecified atom stereocenters. The minimum absolute atomic E-state index is 0.346. The molecule has 0 radical (unpaired) electrons. The van der Waals surface area contributed by atoms with Crippen LogP contribution in [0.2, 0.25) is 0 Å². The monoisotopic (exact) mass is 329 g/mol. The fourth-order valence-electron chi connectivity index (χ4n) is 6.78. The summed E-state index contributed by atoms with van der Waals surface area (Å²) < 4.78 is 0. The molecule has 3 N–H and O–H groups in total. The molecule has 0 saturated heterocycles. The lowest BCUT2D eigenvalue weighted by atomic mass is 9.47. The Morgan fingerprint density at radius 3 is 2.79 bits per heavy atom. The summed E-state index contributed by atoms with van der Waals surface area (Å²) in [7, 11) is 0. The second-order valence-corrected chi connectivity index (χ2v) is 9.17. The zero-order chi connectivity index (χ0) is 16.9. The van der Waals surface area contributed by atoms with Gasteiger partial charge in [0.05, 0.1) is 5.71 Å². The van der Waals surface area contributed by atoms with Crippen molar-refractivity contribution in [2.45, 2.75) is 71.6 Å². The van der Waals surface area contributed by atoms with E-state index in [0.717, 1.165) is 29.9 Å². The van der Waals surface area contributed by atoms with Crippen molar-refractivity contribution < 1.29 is 4.79 Å². The smallest absolute Gasteiger partial charge is 0.332 e. The van der Waals surface area contributed by atoms with Gasteiger partial charge in [-0.25, -0.2) is 10.2 Å². The van der Waals surface area contributed by atoms with Crippen molar-refractivity contribution in [3.05, 3.63) is 11.6 Å². The van der Waals surface area contributed by atoms with Crippen LogP contribution < -0.4 is 11.2 Å². The molecule has 4 rings (SSSR count). The van der Waals surface area contributed by atoms with Crippen LogP contribution in [0.25, 0.3) is 0 Å². The van der Waals surface area contributed by atoms with Crippen LogP contribution >= 0.6 is 0 Å². The first kappa shape index (κ1) is 16.2. The highest BCUT2D eigenvalue weighted by atomic mass is 16.2. The lowest BCUT2D eigenvalue weighted by Crippen LogP contribution is -2.49. The van der Waals surface area contributed by atoms with E-state index in [1.165, 1.54) is 51.4 Å². The largest absolute Gasteiger partial charge is 0.350 e. The number of carbonyl (C=O) groups is 1. The Morgan fingerprint density at radius 2 is 2.00 bits per heavy atom. The van der Waals surface area contributed by atoms with Crippen LogP contribution in [0.5, 0.6) is 0 Å². The van der Waals surface area contributed by atoms with Gasteiger partial charge in [0.1, 0.15) is 0 Å². The number of allylic oxidation sites excluding steroid dienone is 2. The Hall–Kier alpha value is -1.32. The van der Waals surface area contributed by atoms with E-state index in [1.807, 2.05) is 0 Å². The summed E-state index contributed by atoms with van der Waals surface area (Å²) in [4.78, 5) is 10.9. The minimum atomic E-state index is -0.578. The molecule has 5 atom stereocenters. The highest BCUT2D eigenvalue weighted by Crippen LogP contribution is 2.65. The van der Waals surface area contributed by atoms with Gasteiger partial charge >= 0.3 is 6.03 Å². The molecular weight excluding hydrogens is 298 g/mol. The number of urea groups is 1. The van der Waals surface area contributed by atoms with Crippen LogP contribution in [0.15, 0.2) is 16.8 Å². The van der Waals surface area contributed by atoms with Gasteiger partial charge in [-0.2, -0.15) is 5.10 Å². The van der Waals surface area contributed by atoms with Gasteiger partial charge in [-0.1, -0.05) is 25.8 Å². The highest BCUT2D eigenvalue weighted by molar-refractivity contribution is 5.97.